The highest BCUT2D eigenvalue weighted by atomic mass is 79.9. The van der Waals surface area contributed by atoms with Crippen LogP contribution in [0, 0.1) is 0 Å². The second kappa shape index (κ2) is 9.30. The molecule has 0 bridgehead atoms. The van der Waals surface area contributed by atoms with E-state index < -0.39 is 5.91 Å². The molecule has 2 amide bonds. The van der Waals surface area contributed by atoms with Gasteiger partial charge in [-0.15, -0.1) is 0 Å². The smallest absolute Gasteiger partial charge is 0.293 e. The van der Waals surface area contributed by atoms with Crippen molar-refractivity contribution in [2.75, 3.05) is 25.6 Å². The molecule has 0 atom stereocenters. The van der Waals surface area contributed by atoms with E-state index in [0.717, 1.165) is 0 Å². The first-order valence-corrected chi connectivity index (χ1v) is 8.44. The molecule has 132 valence electrons. The number of anilines is 1. The standard InChI is InChI=1S/C16H16BrN3O4S/c1-23-9-8-18-14(21)10-2-4-11(5-3-10)19-16(25)20-15(22)12-6-7-13(17)24-12/h2-7H,8-9H2,1H3,(H,18,21)(H2,19,20,22,25). The van der Waals surface area contributed by atoms with E-state index in [-0.39, 0.29) is 16.8 Å². The van der Waals surface area contributed by atoms with Gasteiger partial charge in [0.15, 0.2) is 15.5 Å². The number of carbonyl (C=O) groups is 2. The van der Waals surface area contributed by atoms with Gasteiger partial charge in [-0.25, -0.2) is 0 Å². The summed E-state index contributed by atoms with van der Waals surface area (Å²) in [6.45, 7) is 0.889. The molecule has 0 aliphatic rings. The van der Waals surface area contributed by atoms with Crippen molar-refractivity contribution in [1.82, 2.24) is 10.6 Å². The van der Waals surface area contributed by atoms with Gasteiger partial charge in [-0.2, -0.15) is 0 Å². The fourth-order valence-electron chi connectivity index (χ4n) is 1.84. The van der Waals surface area contributed by atoms with Crippen molar-refractivity contribution in [1.29, 1.82) is 0 Å². The maximum absolute atomic E-state index is 11.9. The van der Waals surface area contributed by atoms with E-state index in [4.69, 9.17) is 21.4 Å². The Kier molecular flexibility index (Phi) is 7.11. The van der Waals surface area contributed by atoms with Gasteiger partial charge in [0, 0.05) is 24.9 Å². The molecular weight excluding hydrogens is 410 g/mol. The third-order valence-electron chi connectivity index (χ3n) is 3.02. The predicted octanol–water partition coefficient (Wildman–Crippen LogP) is 2.55. The molecule has 7 nitrogen and oxygen atoms in total. The molecule has 1 heterocycles. The molecule has 9 heteroatoms. The Bertz CT molecular complexity index is 761. The molecule has 2 aromatic rings. The Hall–Kier alpha value is -2.23. The first kappa shape index (κ1) is 19.1. The summed E-state index contributed by atoms with van der Waals surface area (Å²) in [5.41, 5.74) is 1.15. The lowest BCUT2D eigenvalue weighted by molar-refractivity contribution is 0.0933. The van der Waals surface area contributed by atoms with Crippen LogP contribution in [0.2, 0.25) is 0 Å². The van der Waals surface area contributed by atoms with E-state index >= 15 is 0 Å². The van der Waals surface area contributed by atoms with Crippen LogP contribution >= 0.6 is 28.1 Å². The van der Waals surface area contributed by atoms with Crippen molar-refractivity contribution >= 4 is 50.8 Å². The molecule has 0 radical (unpaired) electrons. The van der Waals surface area contributed by atoms with Crippen LogP contribution in [0.4, 0.5) is 5.69 Å². The number of carbonyl (C=O) groups excluding carboxylic acids is 2. The second-order valence-corrected chi connectivity index (χ2v) is 6.03. The Morgan fingerprint density at radius 2 is 1.88 bits per heavy atom. The number of rotatable bonds is 6. The molecular formula is C16H16BrN3O4S. The van der Waals surface area contributed by atoms with Crippen LogP contribution in [-0.2, 0) is 4.74 Å². The highest BCUT2D eigenvalue weighted by Gasteiger charge is 2.12. The maximum Gasteiger partial charge on any atom is 0.293 e. The predicted molar refractivity (Wildman–Crippen MR) is 101 cm³/mol. The molecule has 0 aliphatic carbocycles. The molecule has 1 aromatic heterocycles. The van der Waals surface area contributed by atoms with Crippen LogP contribution in [0.15, 0.2) is 45.5 Å². The second-order valence-electron chi connectivity index (χ2n) is 4.84. The quantitative estimate of drug-likeness (QED) is 0.486. The van der Waals surface area contributed by atoms with E-state index in [2.05, 4.69) is 31.9 Å². The molecule has 0 unspecified atom stereocenters. The van der Waals surface area contributed by atoms with Gasteiger partial charge in [0.05, 0.1) is 6.61 Å². The lowest BCUT2D eigenvalue weighted by atomic mass is 10.2. The van der Waals surface area contributed by atoms with Crippen molar-refractivity contribution < 1.29 is 18.7 Å². The molecule has 25 heavy (non-hydrogen) atoms. The number of methoxy groups -OCH3 is 1. The van der Waals surface area contributed by atoms with Gasteiger partial charge >= 0.3 is 0 Å². The van der Waals surface area contributed by atoms with E-state index in [1.165, 1.54) is 6.07 Å². The number of hydrogen-bond donors (Lipinski definition) is 3. The summed E-state index contributed by atoms with van der Waals surface area (Å²) in [6.07, 6.45) is 0. The van der Waals surface area contributed by atoms with Gasteiger partial charge in [0.1, 0.15) is 0 Å². The van der Waals surface area contributed by atoms with Crippen molar-refractivity contribution in [2.45, 2.75) is 0 Å². The monoisotopic (exact) mass is 425 g/mol. The number of halogens is 1. The van der Waals surface area contributed by atoms with Crippen molar-refractivity contribution in [3.8, 4) is 0 Å². The minimum absolute atomic E-state index is 0.120. The number of hydrogen-bond acceptors (Lipinski definition) is 5. The molecule has 2 rings (SSSR count). The first-order chi connectivity index (χ1) is 12.0. The highest BCUT2D eigenvalue weighted by Crippen LogP contribution is 2.14. The third kappa shape index (κ3) is 5.96. The SMILES string of the molecule is COCCNC(=O)c1ccc(NC(=S)NC(=O)c2ccc(Br)o2)cc1. The summed E-state index contributed by atoms with van der Waals surface area (Å²) < 4.78 is 10.5. The number of ether oxygens (including phenoxy) is 1. The van der Waals surface area contributed by atoms with Crippen LogP contribution in [-0.4, -0.2) is 37.2 Å². The highest BCUT2D eigenvalue weighted by molar-refractivity contribution is 9.10. The van der Waals surface area contributed by atoms with Gasteiger partial charge in [-0.1, -0.05) is 0 Å². The fourth-order valence-corrected chi connectivity index (χ4v) is 2.35. The largest absolute Gasteiger partial charge is 0.444 e. The summed E-state index contributed by atoms with van der Waals surface area (Å²) in [5.74, 6) is -0.515. The average Bonchev–Trinajstić information content (AvgIpc) is 3.02. The van der Waals surface area contributed by atoms with Crippen molar-refractivity contribution in [3.05, 3.63) is 52.4 Å². The van der Waals surface area contributed by atoms with E-state index in [0.29, 0.717) is 29.1 Å². The summed E-state index contributed by atoms with van der Waals surface area (Å²) in [7, 11) is 1.57. The van der Waals surface area contributed by atoms with Gasteiger partial charge in [0.2, 0.25) is 0 Å². The minimum atomic E-state index is -0.461. The summed E-state index contributed by atoms with van der Waals surface area (Å²) in [6, 6.07) is 9.82. The van der Waals surface area contributed by atoms with Crippen LogP contribution in [0.25, 0.3) is 0 Å². The normalized spacial score (nSPS) is 10.2. The summed E-state index contributed by atoms with van der Waals surface area (Å²) >= 11 is 8.21. The lowest BCUT2D eigenvalue weighted by Crippen LogP contribution is -2.33. The van der Waals surface area contributed by atoms with Gasteiger partial charge in [0.25, 0.3) is 11.8 Å². The Labute approximate surface area is 158 Å². The van der Waals surface area contributed by atoms with Gasteiger partial charge in [-0.3, -0.25) is 14.9 Å². The van der Waals surface area contributed by atoms with E-state index in [1.54, 1.807) is 37.4 Å². The minimum Gasteiger partial charge on any atom is -0.444 e. The molecule has 3 N–H and O–H groups in total. The molecule has 1 aromatic carbocycles. The Morgan fingerprint density at radius 1 is 1.16 bits per heavy atom. The molecule has 0 fully saturated rings. The summed E-state index contributed by atoms with van der Waals surface area (Å²) in [4.78, 5) is 23.8. The van der Waals surface area contributed by atoms with Crippen LogP contribution in [0.3, 0.4) is 0 Å². The summed E-state index contributed by atoms with van der Waals surface area (Å²) in [5, 5.41) is 8.21. The number of thiocarbonyl (C=S) groups is 1. The first-order valence-electron chi connectivity index (χ1n) is 7.24. The van der Waals surface area contributed by atoms with E-state index in [1.807, 2.05) is 0 Å². The topological polar surface area (TPSA) is 92.6 Å². The van der Waals surface area contributed by atoms with Crippen LogP contribution < -0.4 is 16.0 Å². The average molecular weight is 426 g/mol. The van der Waals surface area contributed by atoms with Crippen LogP contribution in [0.5, 0.6) is 0 Å². The van der Waals surface area contributed by atoms with Gasteiger partial charge < -0.3 is 19.8 Å². The zero-order chi connectivity index (χ0) is 18.2. The van der Waals surface area contributed by atoms with Crippen molar-refractivity contribution in [3.63, 3.8) is 0 Å². The number of benzene rings is 1. The number of furan rings is 1. The molecule has 0 spiro atoms. The number of amides is 2. The number of nitrogens with one attached hydrogen (secondary N) is 3. The maximum atomic E-state index is 11.9. The van der Waals surface area contributed by atoms with Crippen molar-refractivity contribution in [2.24, 2.45) is 0 Å². The molecule has 0 aliphatic heterocycles. The van der Waals surface area contributed by atoms with E-state index in [9.17, 15) is 9.59 Å². The fraction of sp³-hybridized carbons (Fsp3) is 0.188. The zero-order valence-corrected chi connectivity index (χ0v) is 15.7. The molecule has 0 saturated heterocycles. The zero-order valence-electron chi connectivity index (χ0n) is 13.3. The molecule has 0 saturated carbocycles. The van der Waals surface area contributed by atoms with Crippen LogP contribution in [0.1, 0.15) is 20.9 Å². The van der Waals surface area contributed by atoms with Gasteiger partial charge in [-0.05, 0) is 64.5 Å². The Morgan fingerprint density at radius 3 is 2.48 bits per heavy atom. The third-order valence-corrected chi connectivity index (χ3v) is 3.65. The Balaban J connectivity index is 1.86. The lowest BCUT2D eigenvalue weighted by Gasteiger charge is -2.09.